The SMILES string of the molecule is COc1ccc(/C=C/C(=O)N[C@H](C)C(=O)OCC(=O)[C@@H](C#N)c2nc(C)cs2)cc1. The minimum absolute atomic E-state index is 0.362. The molecule has 1 heterocycles. The summed E-state index contributed by atoms with van der Waals surface area (Å²) in [4.78, 5) is 40.4. The number of carbonyl (C=O) groups is 3. The Kier molecular flexibility index (Phi) is 8.26. The molecule has 8 nitrogen and oxygen atoms in total. The molecular weight excluding hydrogens is 406 g/mol. The number of rotatable bonds is 9. The van der Waals surface area contributed by atoms with Crippen molar-refractivity contribution in [1.29, 1.82) is 5.26 Å². The highest BCUT2D eigenvalue weighted by atomic mass is 32.1. The predicted octanol–water partition coefficient (Wildman–Crippen LogP) is 2.40. The lowest BCUT2D eigenvalue weighted by molar-refractivity contribution is -0.150. The van der Waals surface area contributed by atoms with Crippen LogP contribution in [-0.2, 0) is 19.1 Å². The van der Waals surface area contributed by atoms with Crippen LogP contribution < -0.4 is 10.1 Å². The second-order valence-electron chi connectivity index (χ2n) is 6.30. The van der Waals surface area contributed by atoms with Gasteiger partial charge in [-0.05, 0) is 37.6 Å². The zero-order valence-corrected chi connectivity index (χ0v) is 17.6. The number of nitriles is 1. The van der Waals surface area contributed by atoms with Crippen molar-refractivity contribution in [3.8, 4) is 11.8 Å². The molecule has 1 N–H and O–H groups in total. The number of amides is 1. The molecular formula is C21H21N3O5S. The van der Waals surface area contributed by atoms with Gasteiger partial charge in [-0.1, -0.05) is 12.1 Å². The summed E-state index contributed by atoms with van der Waals surface area (Å²) in [6.45, 7) is 2.63. The number of ketones is 1. The molecule has 0 saturated heterocycles. The summed E-state index contributed by atoms with van der Waals surface area (Å²) in [6.07, 6.45) is 2.87. The minimum atomic E-state index is -1.09. The van der Waals surface area contributed by atoms with E-state index < -0.39 is 36.2 Å². The average molecular weight is 427 g/mol. The Hall–Kier alpha value is -3.51. The summed E-state index contributed by atoms with van der Waals surface area (Å²) < 4.78 is 10.0. The van der Waals surface area contributed by atoms with Gasteiger partial charge in [0.25, 0.3) is 0 Å². The Bertz CT molecular complexity index is 975. The van der Waals surface area contributed by atoms with Gasteiger partial charge < -0.3 is 14.8 Å². The number of methoxy groups -OCH3 is 1. The number of carbonyl (C=O) groups excluding carboxylic acids is 3. The number of nitrogens with one attached hydrogen (secondary N) is 1. The quantitative estimate of drug-likeness (QED) is 0.482. The van der Waals surface area contributed by atoms with Crippen molar-refractivity contribution in [3.63, 3.8) is 0 Å². The number of aromatic nitrogens is 1. The van der Waals surface area contributed by atoms with Crippen LogP contribution in [0.3, 0.4) is 0 Å². The first-order valence-electron chi connectivity index (χ1n) is 8.97. The molecule has 1 aromatic carbocycles. The van der Waals surface area contributed by atoms with Crippen LogP contribution in [-0.4, -0.2) is 42.4 Å². The summed E-state index contributed by atoms with van der Waals surface area (Å²) in [7, 11) is 1.56. The largest absolute Gasteiger partial charge is 0.497 e. The molecule has 0 aliphatic rings. The van der Waals surface area contributed by atoms with Crippen molar-refractivity contribution >= 4 is 35.1 Å². The van der Waals surface area contributed by atoms with Gasteiger partial charge in [-0.2, -0.15) is 5.26 Å². The number of thiazole rings is 1. The minimum Gasteiger partial charge on any atom is -0.497 e. The number of ether oxygens (including phenoxy) is 2. The molecule has 0 saturated carbocycles. The second kappa shape index (κ2) is 10.9. The number of esters is 1. The van der Waals surface area contributed by atoms with Crippen molar-refractivity contribution in [3.05, 3.63) is 52.0 Å². The van der Waals surface area contributed by atoms with E-state index in [-0.39, 0.29) is 0 Å². The lowest BCUT2D eigenvalue weighted by Crippen LogP contribution is -2.39. The Morgan fingerprint density at radius 1 is 1.30 bits per heavy atom. The van der Waals surface area contributed by atoms with E-state index in [1.165, 1.54) is 24.3 Å². The van der Waals surface area contributed by atoms with Crippen molar-refractivity contribution < 1.29 is 23.9 Å². The molecule has 0 unspecified atom stereocenters. The molecule has 2 atom stereocenters. The van der Waals surface area contributed by atoms with Crippen LogP contribution in [0.1, 0.15) is 29.1 Å². The number of Topliss-reactive ketones (excluding diaryl/α,β-unsaturated/α-hetero) is 1. The third kappa shape index (κ3) is 6.53. The van der Waals surface area contributed by atoms with E-state index in [4.69, 9.17) is 9.47 Å². The number of hydrogen-bond donors (Lipinski definition) is 1. The van der Waals surface area contributed by atoms with Gasteiger partial charge >= 0.3 is 5.97 Å². The Balaban J connectivity index is 1.83. The first-order valence-corrected chi connectivity index (χ1v) is 9.85. The first kappa shape index (κ1) is 22.8. The number of benzene rings is 1. The smallest absolute Gasteiger partial charge is 0.328 e. The normalized spacial score (nSPS) is 12.6. The highest BCUT2D eigenvalue weighted by Crippen LogP contribution is 2.20. The Labute approximate surface area is 178 Å². The topological polar surface area (TPSA) is 118 Å². The zero-order chi connectivity index (χ0) is 22.1. The van der Waals surface area contributed by atoms with Gasteiger partial charge in [-0.15, -0.1) is 11.3 Å². The average Bonchev–Trinajstić information content (AvgIpc) is 3.17. The summed E-state index contributed by atoms with van der Waals surface area (Å²) in [5, 5.41) is 13.8. The standard InChI is InChI=1S/C21H21N3O5S/c1-13-12-30-20(23-13)17(10-22)18(25)11-29-21(27)14(2)24-19(26)9-6-15-4-7-16(28-3)8-5-15/h4-9,12,14,17H,11H2,1-3H3,(H,24,26)/b9-6+/t14-,17-/m1/s1. The molecule has 1 amide bonds. The van der Waals surface area contributed by atoms with Crippen molar-refractivity contribution in [1.82, 2.24) is 10.3 Å². The van der Waals surface area contributed by atoms with Gasteiger partial charge in [0.2, 0.25) is 5.91 Å². The molecule has 1 aromatic heterocycles. The molecule has 2 rings (SSSR count). The highest BCUT2D eigenvalue weighted by molar-refractivity contribution is 7.09. The fourth-order valence-electron chi connectivity index (χ4n) is 2.33. The van der Waals surface area contributed by atoms with Crippen LogP contribution in [0.5, 0.6) is 5.75 Å². The zero-order valence-electron chi connectivity index (χ0n) is 16.7. The Morgan fingerprint density at radius 3 is 2.57 bits per heavy atom. The fraction of sp³-hybridized carbons (Fsp3) is 0.286. The van der Waals surface area contributed by atoms with Crippen LogP contribution in [0, 0.1) is 18.3 Å². The molecule has 0 aliphatic heterocycles. The Morgan fingerprint density at radius 2 is 2.00 bits per heavy atom. The third-order valence-corrected chi connectivity index (χ3v) is 4.97. The van der Waals surface area contributed by atoms with Gasteiger partial charge in [0, 0.05) is 17.2 Å². The van der Waals surface area contributed by atoms with Crippen LogP contribution >= 0.6 is 11.3 Å². The van der Waals surface area contributed by atoms with Gasteiger partial charge in [-0.3, -0.25) is 9.59 Å². The van der Waals surface area contributed by atoms with Gasteiger partial charge in [0.15, 0.2) is 18.3 Å². The van der Waals surface area contributed by atoms with Crippen molar-refractivity contribution in [2.45, 2.75) is 25.8 Å². The molecule has 9 heteroatoms. The number of nitrogens with zero attached hydrogens (tertiary/aromatic N) is 2. The van der Waals surface area contributed by atoms with E-state index >= 15 is 0 Å². The molecule has 30 heavy (non-hydrogen) atoms. The summed E-state index contributed by atoms with van der Waals surface area (Å²) in [6, 6.07) is 7.99. The maximum absolute atomic E-state index is 12.2. The van der Waals surface area contributed by atoms with E-state index in [9.17, 15) is 19.6 Å². The molecule has 0 fully saturated rings. The summed E-state index contributed by atoms with van der Waals surface area (Å²) >= 11 is 1.20. The number of aryl methyl sites for hydroxylation is 1. The van der Waals surface area contributed by atoms with Crippen LogP contribution in [0.2, 0.25) is 0 Å². The van der Waals surface area contributed by atoms with Gasteiger partial charge in [0.05, 0.1) is 13.2 Å². The molecule has 0 aliphatic carbocycles. The monoisotopic (exact) mass is 427 g/mol. The van der Waals surface area contributed by atoms with E-state index in [1.54, 1.807) is 49.8 Å². The predicted molar refractivity (Wildman–Crippen MR) is 111 cm³/mol. The van der Waals surface area contributed by atoms with Gasteiger partial charge in [-0.25, -0.2) is 9.78 Å². The van der Waals surface area contributed by atoms with Crippen LogP contribution in [0.4, 0.5) is 0 Å². The molecule has 0 spiro atoms. The van der Waals surface area contributed by atoms with E-state index in [1.807, 2.05) is 6.07 Å². The molecule has 2 aromatic rings. The summed E-state index contributed by atoms with van der Waals surface area (Å²) in [5.74, 6) is -2.23. The maximum atomic E-state index is 12.2. The number of hydrogen-bond acceptors (Lipinski definition) is 8. The van der Waals surface area contributed by atoms with Gasteiger partial charge in [0.1, 0.15) is 16.8 Å². The maximum Gasteiger partial charge on any atom is 0.328 e. The van der Waals surface area contributed by atoms with E-state index in [0.717, 1.165) is 5.56 Å². The molecule has 0 bridgehead atoms. The van der Waals surface area contributed by atoms with E-state index in [0.29, 0.717) is 16.5 Å². The molecule has 0 radical (unpaired) electrons. The highest BCUT2D eigenvalue weighted by Gasteiger charge is 2.25. The first-order chi connectivity index (χ1) is 14.3. The second-order valence-corrected chi connectivity index (χ2v) is 7.19. The van der Waals surface area contributed by atoms with Crippen LogP contribution in [0.25, 0.3) is 6.08 Å². The van der Waals surface area contributed by atoms with Crippen LogP contribution in [0.15, 0.2) is 35.7 Å². The van der Waals surface area contributed by atoms with E-state index in [2.05, 4.69) is 10.3 Å². The third-order valence-electron chi connectivity index (χ3n) is 3.95. The molecule has 156 valence electrons. The van der Waals surface area contributed by atoms with Crippen molar-refractivity contribution in [2.24, 2.45) is 0 Å². The lowest BCUT2D eigenvalue weighted by atomic mass is 10.1. The van der Waals surface area contributed by atoms with Crippen molar-refractivity contribution in [2.75, 3.05) is 13.7 Å². The lowest BCUT2D eigenvalue weighted by Gasteiger charge is -2.12. The fourth-order valence-corrected chi connectivity index (χ4v) is 3.19. The summed E-state index contributed by atoms with van der Waals surface area (Å²) in [5.41, 5.74) is 1.49.